The molecular weight excluding hydrogens is 346 g/mol. The number of nitrogens with zero attached hydrogens (tertiary/aromatic N) is 3. The summed E-state index contributed by atoms with van der Waals surface area (Å²) in [6.45, 7) is 7.63. The van der Waals surface area contributed by atoms with Crippen molar-refractivity contribution >= 4 is 11.6 Å². The highest BCUT2D eigenvalue weighted by Crippen LogP contribution is 2.25. The van der Waals surface area contributed by atoms with Crippen molar-refractivity contribution in [3.8, 4) is 11.3 Å². The average Bonchev–Trinajstić information content (AvgIpc) is 3.27. The number of aromatic nitrogens is 2. The van der Waals surface area contributed by atoms with Gasteiger partial charge in [0, 0.05) is 17.3 Å². The van der Waals surface area contributed by atoms with E-state index in [0.717, 1.165) is 25.1 Å². The molecule has 0 radical (unpaired) electrons. The Labute approximate surface area is 167 Å². The number of fused-ring (bicyclic) bond motifs is 1. The minimum absolute atomic E-state index is 0.114. The molecule has 4 heteroatoms. The van der Waals surface area contributed by atoms with Crippen LogP contribution in [0.4, 0.5) is 5.69 Å². The lowest BCUT2D eigenvalue weighted by Crippen LogP contribution is -2.48. The van der Waals surface area contributed by atoms with Gasteiger partial charge in [0.25, 0.3) is 11.7 Å². The minimum atomic E-state index is 0.114. The normalized spacial score (nSPS) is 13.0. The Hall–Kier alpha value is -2.88. The second-order valence-electron chi connectivity index (χ2n) is 7.87. The summed E-state index contributed by atoms with van der Waals surface area (Å²) in [5.41, 5.74) is 4.63. The largest absolute Gasteiger partial charge is 0.307 e. The molecule has 4 nitrogen and oxygen atoms in total. The van der Waals surface area contributed by atoms with Gasteiger partial charge in [-0.1, -0.05) is 48.0 Å². The van der Waals surface area contributed by atoms with Gasteiger partial charge in [-0.3, -0.25) is 4.79 Å². The molecule has 0 saturated carbocycles. The SMILES string of the molecule is Cc1ccc(-c2c[n+](CC(=O)N(c3ccccc3)C(C)C)c3n2CCC3)cc1. The van der Waals surface area contributed by atoms with E-state index in [1.165, 1.54) is 22.6 Å². The van der Waals surface area contributed by atoms with E-state index in [0.29, 0.717) is 6.54 Å². The number of benzene rings is 2. The summed E-state index contributed by atoms with van der Waals surface area (Å²) in [4.78, 5) is 15.1. The van der Waals surface area contributed by atoms with Gasteiger partial charge in [-0.05, 0) is 39.3 Å². The molecule has 0 N–H and O–H groups in total. The Balaban J connectivity index is 1.65. The van der Waals surface area contributed by atoms with Crippen LogP contribution in [0, 0.1) is 6.92 Å². The fourth-order valence-electron chi connectivity index (χ4n) is 4.14. The van der Waals surface area contributed by atoms with Gasteiger partial charge in [0.1, 0.15) is 6.20 Å². The van der Waals surface area contributed by atoms with E-state index in [9.17, 15) is 4.79 Å². The molecule has 0 unspecified atom stereocenters. The lowest BCUT2D eigenvalue weighted by atomic mass is 10.1. The van der Waals surface area contributed by atoms with Crippen molar-refractivity contribution in [3.05, 3.63) is 72.2 Å². The maximum absolute atomic E-state index is 13.2. The molecule has 2 heterocycles. The number of para-hydroxylation sites is 1. The predicted molar refractivity (Wildman–Crippen MR) is 112 cm³/mol. The van der Waals surface area contributed by atoms with Gasteiger partial charge in [-0.2, -0.15) is 0 Å². The minimum Gasteiger partial charge on any atom is -0.307 e. The number of anilines is 1. The van der Waals surface area contributed by atoms with Crippen LogP contribution in [-0.2, 0) is 24.3 Å². The van der Waals surface area contributed by atoms with E-state index in [4.69, 9.17) is 0 Å². The number of hydrogen-bond donors (Lipinski definition) is 0. The fourth-order valence-corrected chi connectivity index (χ4v) is 4.14. The lowest BCUT2D eigenvalue weighted by Gasteiger charge is -2.26. The maximum Gasteiger partial charge on any atom is 0.269 e. The molecule has 1 amide bonds. The van der Waals surface area contributed by atoms with E-state index in [1.807, 2.05) is 35.2 Å². The summed E-state index contributed by atoms with van der Waals surface area (Å²) in [6.07, 6.45) is 4.31. The van der Waals surface area contributed by atoms with E-state index < -0.39 is 0 Å². The van der Waals surface area contributed by atoms with Gasteiger partial charge in [-0.15, -0.1) is 0 Å². The predicted octanol–water partition coefficient (Wildman–Crippen LogP) is 4.14. The quantitative estimate of drug-likeness (QED) is 0.617. The highest BCUT2D eigenvalue weighted by Gasteiger charge is 2.31. The standard InChI is InChI=1S/C24H28N3O/c1-18(2)27(21-8-5-4-6-9-21)24(28)17-25-16-22(26-15-7-10-23(25)26)20-13-11-19(3)12-14-20/h4-6,8-9,11-14,16,18H,7,10,15,17H2,1-3H3/q+1. The Kier molecular flexibility index (Phi) is 5.03. The molecule has 4 rings (SSSR count). The van der Waals surface area contributed by atoms with Crippen molar-refractivity contribution in [1.82, 2.24) is 4.57 Å². The smallest absolute Gasteiger partial charge is 0.269 e. The first kappa shape index (κ1) is 18.5. The summed E-state index contributed by atoms with van der Waals surface area (Å²) < 4.78 is 4.53. The Bertz CT molecular complexity index is 971. The summed E-state index contributed by atoms with van der Waals surface area (Å²) in [7, 11) is 0. The van der Waals surface area contributed by atoms with Gasteiger partial charge < -0.3 is 4.90 Å². The number of amides is 1. The zero-order valence-electron chi connectivity index (χ0n) is 16.9. The van der Waals surface area contributed by atoms with E-state index in [2.05, 4.69) is 60.4 Å². The van der Waals surface area contributed by atoms with Crippen LogP contribution in [-0.4, -0.2) is 16.5 Å². The Morgan fingerprint density at radius 1 is 1.11 bits per heavy atom. The van der Waals surface area contributed by atoms with Gasteiger partial charge in [0.2, 0.25) is 0 Å². The third-order valence-corrected chi connectivity index (χ3v) is 5.47. The van der Waals surface area contributed by atoms with Gasteiger partial charge in [0.05, 0.1) is 13.0 Å². The average molecular weight is 375 g/mol. The molecule has 0 fully saturated rings. The van der Waals surface area contributed by atoms with Crippen LogP contribution in [0.3, 0.4) is 0 Å². The van der Waals surface area contributed by atoms with Crippen molar-refractivity contribution in [1.29, 1.82) is 0 Å². The molecule has 3 aromatic rings. The van der Waals surface area contributed by atoms with Crippen LogP contribution in [0.5, 0.6) is 0 Å². The van der Waals surface area contributed by atoms with Crippen molar-refractivity contribution in [2.24, 2.45) is 0 Å². The highest BCUT2D eigenvalue weighted by atomic mass is 16.2. The summed E-state index contributed by atoms with van der Waals surface area (Å²) in [6, 6.07) is 18.7. The molecule has 0 aliphatic carbocycles. The van der Waals surface area contributed by atoms with Crippen LogP contribution in [0.2, 0.25) is 0 Å². The zero-order valence-corrected chi connectivity index (χ0v) is 16.9. The van der Waals surface area contributed by atoms with Crippen LogP contribution >= 0.6 is 0 Å². The molecule has 144 valence electrons. The molecule has 1 aromatic heterocycles. The van der Waals surface area contributed by atoms with Crippen molar-refractivity contribution < 1.29 is 9.36 Å². The molecule has 0 bridgehead atoms. The van der Waals surface area contributed by atoms with E-state index in [-0.39, 0.29) is 11.9 Å². The zero-order chi connectivity index (χ0) is 19.7. The molecule has 28 heavy (non-hydrogen) atoms. The third kappa shape index (κ3) is 3.47. The van der Waals surface area contributed by atoms with Gasteiger partial charge in [-0.25, -0.2) is 9.13 Å². The van der Waals surface area contributed by atoms with Crippen LogP contribution < -0.4 is 9.47 Å². The Morgan fingerprint density at radius 3 is 2.50 bits per heavy atom. The molecular formula is C24H28N3O+. The monoisotopic (exact) mass is 374 g/mol. The summed E-state index contributed by atoms with van der Waals surface area (Å²) >= 11 is 0. The van der Waals surface area contributed by atoms with E-state index >= 15 is 0 Å². The fraction of sp³-hybridized carbons (Fsp3) is 0.333. The van der Waals surface area contributed by atoms with Crippen LogP contribution in [0.25, 0.3) is 11.3 Å². The number of carbonyl (C=O) groups is 1. The van der Waals surface area contributed by atoms with Gasteiger partial charge >= 0.3 is 0 Å². The third-order valence-electron chi connectivity index (χ3n) is 5.47. The molecule has 2 aromatic carbocycles. The highest BCUT2D eigenvalue weighted by molar-refractivity contribution is 5.92. The summed E-state index contributed by atoms with van der Waals surface area (Å²) in [5.74, 6) is 1.38. The first-order chi connectivity index (χ1) is 13.5. The molecule has 0 saturated heterocycles. The first-order valence-electron chi connectivity index (χ1n) is 10.1. The lowest BCUT2D eigenvalue weighted by molar-refractivity contribution is -0.690. The topological polar surface area (TPSA) is 29.1 Å². The van der Waals surface area contributed by atoms with Crippen molar-refractivity contribution in [3.63, 3.8) is 0 Å². The molecule has 1 aliphatic heterocycles. The number of imidazole rings is 1. The molecule has 1 aliphatic rings. The van der Waals surface area contributed by atoms with Crippen LogP contribution in [0.1, 0.15) is 31.7 Å². The Morgan fingerprint density at radius 2 is 1.82 bits per heavy atom. The van der Waals surface area contributed by atoms with E-state index in [1.54, 1.807) is 0 Å². The molecule has 0 atom stereocenters. The van der Waals surface area contributed by atoms with Crippen LogP contribution in [0.15, 0.2) is 60.8 Å². The first-order valence-corrected chi connectivity index (χ1v) is 10.1. The second-order valence-corrected chi connectivity index (χ2v) is 7.87. The van der Waals surface area contributed by atoms with Gasteiger partial charge in [0.15, 0.2) is 12.2 Å². The maximum atomic E-state index is 13.2. The summed E-state index contributed by atoms with van der Waals surface area (Å²) in [5, 5.41) is 0. The second kappa shape index (κ2) is 7.63. The van der Waals surface area contributed by atoms with Crippen molar-refractivity contribution in [2.45, 2.75) is 52.7 Å². The molecule has 0 spiro atoms. The number of aryl methyl sites for hydroxylation is 1. The van der Waals surface area contributed by atoms with Crippen molar-refractivity contribution in [2.75, 3.05) is 4.90 Å². The number of hydrogen-bond acceptors (Lipinski definition) is 1. The number of rotatable bonds is 5. The number of carbonyl (C=O) groups excluding carboxylic acids is 1.